The molecule has 5 nitrogen and oxygen atoms in total. The standard InChI is InChI=1S/C10H19N3O2/c14-10(15)13-8-6-12(7-9-13)5-4-11-2-1-3-11/h1-9H2,(H,14,15). The molecule has 1 amide bonds. The van der Waals surface area contributed by atoms with Crippen molar-refractivity contribution in [2.24, 2.45) is 0 Å². The van der Waals surface area contributed by atoms with Gasteiger partial charge in [0.1, 0.15) is 0 Å². The maximum atomic E-state index is 10.7. The molecule has 2 saturated heterocycles. The molecule has 0 radical (unpaired) electrons. The second kappa shape index (κ2) is 4.81. The Labute approximate surface area is 90.2 Å². The molecule has 0 atom stereocenters. The van der Waals surface area contributed by atoms with Crippen molar-refractivity contribution in [2.45, 2.75) is 6.42 Å². The molecule has 2 rings (SSSR count). The summed E-state index contributed by atoms with van der Waals surface area (Å²) >= 11 is 0. The molecule has 0 bridgehead atoms. The van der Waals surface area contributed by atoms with Crippen molar-refractivity contribution < 1.29 is 9.90 Å². The summed E-state index contributed by atoms with van der Waals surface area (Å²) in [5.41, 5.74) is 0. The number of hydrogen-bond donors (Lipinski definition) is 1. The molecule has 2 aliphatic rings. The Morgan fingerprint density at radius 1 is 0.933 bits per heavy atom. The molecular formula is C10H19N3O2. The molecule has 0 aromatic carbocycles. The van der Waals surface area contributed by atoms with Crippen LogP contribution >= 0.6 is 0 Å². The quantitative estimate of drug-likeness (QED) is 0.716. The van der Waals surface area contributed by atoms with Gasteiger partial charge in [0.15, 0.2) is 0 Å². The zero-order valence-electron chi connectivity index (χ0n) is 9.06. The zero-order chi connectivity index (χ0) is 10.7. The summed E-state index contributed by atoms with van der Waals surface area (Å²) in [6.45, 7) is 7.83. The number of hydrogen-bond acceptors (Lipinski definition) is 3. The Bertz CT molecular complexity index is 223. The highest BCUT2D eigenvalue weighted by atomic mass is 16.4. The van der Waals surface area contributed by atoms with Crippen LogP contribution < -0.4 is 0 Å². The van der Waals surface area contributed by atoms with Crippen molar-refractivity contribution in [3.8, 4) is 0 Å². The molecule has 5 heteroatoms. The Morgan fingerprint density at radius 2 is 1.47 bits per heavy atom. The number of nitrogens with zero attached hydrogens (tertiary/aromatic N) is 3. The number of likely N-dealkylation sites (tertiary alicyclic amines) is 1. The molecular weight excluding hydrogens is 194 g/mol. The number of rotatable bonds is 3. The van der Waals surface area contributed by atoms with Gasteiger partial charge < -0.3 is 14.9 Å². The largest absolute Gasteiger partial charge is 0.465 e. The Balaban J connectivity index is 1.62. The summed E-state index contributed by atoms with van der Waals surface area (Å²) in [4.78, 5) is 17.0. The molecule has 0 unspecified atom stereocenters. The van der Waals surface area contributed by atoms with Gasteiger partial charge in [-0.05, 0) is 19.5 Å². The van der Waals surface area contributed by atoms with Crippen molar-refractivity contribution in [2.75, 3.05) is 52.4 Å². The van der Waals surface area contributed by atoms with E-state index >= 15 is 0 Å². The van der Waals surface area contributed by atoms with Crippen molar-refractivity contribution in [3.63, 3.8) is 0 Å². The van der Waals surface area contributed by atoms with Crippen molar-refractivity contribution in [1.82, 2.24) is 14.7 Å². The first kappa shape index (κ1) is 10.7. The van der Waals surface area contributed by atoms with Crippen molar-refractivity contribution >= 4 is 6.09 Å². The molecule has 1 N–H and O–H groups in total. The summed E-state index contributed by atoms with van der Waals surface area (Å²) < 4.78 is 0. The van der Waals surface area contributed by atoms with Gasteiger partial charge in [0, 0.05) is 39.3 Å². The molecule has 86 valence electrons. The van der Waals surface area contributed by atoms with Crippen LogP contribution in [0.2, 0.25) is 0 Å². The highest BCUT2D eigenvalue weighted by molar-refractivity contribution is 5.65. The Kier molecular flexibility index (Phi) is 3.43. The van der Waals surface area contributed by atoms with Gasteiger partial charge in [-0.2, -0.15) is 0 Å². The normalized spacial score (nSPS) is 23.9. The van der Waals surface area contributed by atoms with Crippen LogP contribution in [-0.2, 0) is 0 Å². The lowest BCUT2D eigenvalue weighted by Gasteiger charge is -2.36. The zero-order valence-corrected chi connectivity index (χ0v) is 9.06. The lowest BCUT2D eigenvalue weighted by molar-refractivity contribution is 0.0915. The van der Waals surface area contributed by atoms with Gasteiger partial charge in [-0.25, -0.2) is 4.79 Å². The minimum absolute atomic E-state index is 0.662. The highest BCUT2D eigenvalue weighted by Gasteiger charge is 2.21. The van der Waals surface area contributed by atoms with E-state index in [0.29, 0.717) is 13.1 Å². The smallest absolute Gasteiger partial charge is 0.407 e. The van der Waals surface area contributed by atoms with Gasteiger partial charge >= 0.3 is 6.09 Å². The Morgan fingerprint density at radius 3 is 1.87 bits per heavy atom. The maximum Gasteiger partial charge on any atom is 0.407 e. The van der Waals surface area contributed by atoms with Gasteiger partial charge in [0.05, 0.1) is 0 Å². The lowest BCUT2D eigenvalue weighted by atomic mass is 10.2. The van der Waals surface area contributed by atoms with Gasteiger partial charge in [0.2, 0.25) is 0 Å². The second-order valence-electron chi connectivity index (χ2n) is 4.31. The van der Waals surface area contributed by atoms with Crippen LogP contribution in [0.3, 0.4) is 0 Å². The third kappa shape index (κ3) is 2.82. The average molecular weight is 213 g/mol. The molecule has 0 saturated carbocycles. The lowest BCUT2D eigenvalue weighted by Crippen LogP contribution is -2.51. The molecule has 15 heavy (non-hydrogen) atoms. The monoisotopic (exact) mass is 213 g/mol. The summed E-state index contributed by atoms with van der Waals surface area (Å²) in [5, 5.41) is 8.79. The van der Waals surface area contributed by atoms with Crippen LogP contribution in [0.5, 0.6) is 0 Å². The van der Waals surface area contributed by atoms with E-state index in [2.05, 4.69) is 9.80 Å². The van der Waals surface area contributed by atoms with Gasteiger partial charge in [-0.1, -0.05) is 0 Å². The van der Waals surface area contributed by atoms with Gasteiger partial charge in [0.25, 0.3) is 0 Å². The average Bonchev–Trinajstić information content (AvgIpc) is 2.16. The number of piperazine rings is 1. The first-order chi connectivity index (χ1) is 7.25. The number of carboxylic acid groups (broad SMARTS) is 1. The van der Waals surface area contributed by atoms with E-state index < -0.39 is 6.09 Å². The fourth-order valence-corrected chi connectivity index (χ4v) is 2.05. The molecule has 2 fully saturated rings. The number of amides is 1. The molecule has 0 aromatic heterocycles. The third-order valence-electron chi connectivity index (χ3n) is 3.32. The minimum Gasteiger partial charge on any atom is -0.465 e. The maximum absolute atomic E-state index is 10.7. The molecule has 0 aliphatic carbocycles. The van der Waals surface area contributed by atoms with E-state index in [-0.39, 0.29) is 0 Å². The first-order valence-corrected chi connectivity index (χ1v) is 5.68. The summed E-state index contributed by atoms with van der Waals surface area (Å²) in [5.74, 6) is 0. The second-order valence-corrected chi connectivity index (χ2v) is 4.31. The SMILES string of the molecule is O=C(O)N1CCN(CCN2CCC2)CC1. The fraction of sp³-hybridized carbons (Fsp3) is 0.900. The highest BCUT2D eigenvalue weighted by Crippen LogP contribution is 2.06. The predicted octanol–water partition coefficient (Wildman–Crippen LogP) is -0.0123. The van der Waals surface area contributed by atoms with Crippen LogP contribution in [0, 0.1) is 0 Å². The first-order valence-electron chi connectivity index (χ1n) is 5.68. The van der Waals surface area contributed by atoms with E-state index in [0.717, 1.165) is 26.2 Å². The minimum atomic E-state index is -0.780. The van der Waals surface area contributed by atoms with Crippen LogP contribution in [0.1, 0.15) is 6.42 Å². The van der Waals surface area contributed by atoms with Gasteiger partial charge in [-0.15, -0.1) is 0 Å². The topological polar surface area (TPSA) is 47.0 Å². The molecule has 2 aliphatic heterocycles. The predicted molar refractivity (Wildman–Crippen MR) is 57.1 cm³/mol. The van der Waals surface area contributed by atoms with Crippen LogP contribution in [-0.4, -0.2) is 78.3 Å². The van der Waals surface area contributed by atoms with E-state index in [1.165, 1.54) is 24.4 Å². The Hall–Kier alpha value is -0.810. The summed E-state index contributed by atoms with van der Waals surface area (Å²) in [6.07, 6.45) is 0.560. The molecule has 2 heterocycles. The van der Waals surface area contributed by atoms with Crippen molar-refractivity contribution in [3.05, 3.63) is 0 Å². The summed E-state index contributed by atoms with van der Waals surface area (Å²) in [6, 6.07) is 0. The fourth-order valence-electron chi connectivity index (χ4n) is 2.05. The molecule has 0 aromatic rings. The van der Waals surface area contributed by atoms with Crippen LogP contribution in [0.25, 0.3) is 0 Å². The third-order valence-corrected chi connectivity index (χ3v) is 3.32. The summed E-state index contributed by atoms with van der Waals surface area (Å²) in [7, 11) is 0. The van der Waals surface area contributed by atoms with Gasteiger partial charge in [-0.3, -0.25) is 4.90 Å². The van der Waals surface area contributed by atoms with E-state index in [9.17, 15) is 4.79 Å². The van der Waals surface area contributed by atoms with Crippen molar-refractivity contribution in [1.29, 1.82) is 0 Å². The number of carbonyl (C=O) groups is 1. The van der Waals surface area contributed by atoms with Crippen LogP contribution in [0.15, 0.2) is 0 Å². The van der Waals surface area contributed by atoms with E-state index in [4.69, 9.17) is 5.11 Å². The molecule has 0 spiro atoms. The van der Waals surface area contributed by atoms with E-state index in [1.807, 2.05) is 0 Å². The van der Waals surface area contributed by atoms with E-state index in [1.54, 1.807) is 0 Å². The van der Waals surface area contributed by atoms with Crippen LogP contribution in [0.4, 0.5) is 4.79 Å².